The van der Waals surface area contributed by atoms with Gasteiger partial charge in [-0.1, -0.05) is 44.1 Å². The van der Waals surface area contributed by atoms with E-state index >= 15 is 0 Å². The van der Waals surface area contributed by atoms with Crippen molar-refractivity contribution in [3.63, 3.8) is 0 Å². The topological polar surface area (TPSA) is 87.0 Å². The zero-order chi connectivity index (χ0) is 20.9. The first-order valence-corrected chi connectivity index (χ1v) is 10.6. The highest BCUT2D eigenvalue weighted by molar-refractivity contribution is 5.66. The number of hydrogen-bond donors (Lipinski definition) is 3. The molecule has 0 spiro atoms. The fourth-order valence-electron chi connectivity index (χ4n) is 4.36. The summed E-state index contributed by atoms with van der Waals surface area (Å²) in [6, 6.07) is 0. The smallest absolute Gasteiger partial charge is 0.303 e. The minimum absolute atomic E-state index is 0.0166. The van der Waals surface area contributed by atoms with E-state index in [9.17, 15) is 15.0 Å². The maximum atomic E-state index is 10.6. The molecular weight excluding hydrogens is 356 g/mol. The second kappa shape index (κ2) is 10.0. The summed E-state index contributed by atoms with van der Waals surface area (Å²) in [5.41, 5.74) is 0.992. The van der Waals surface area contributed by atoms with Crippen LogP contribution in [-0.2, 0) is 9.53 Å². The van der Waals surface area contributed by atoms with Crippen LogP contribution >= 0.6 is 0 Å². The predicted molar refractivity (Wildman–Crippen MR) is 110 cm³/mol. The molecule has 1 unspecified atom stereocenters. The van der Waals surface area contributed by atoms with Crippen molar-refractivity contribution >= 4 is 5.97 Å². The quantitative estimate of drug-likeness (QED) is 0.384. The number of carboxylic acids is 1. The lowest BCUT2D eigenvalue weighted by Gasteiger charge is -2.28. The molecule has 1 saturated carbocycles. The van der Waals surface area contributed by atoms with Crippen LogP contribution in [0.5, 0.6) is 0 Å². The van der Waals surface area contributed by atoms with Crippen molar-refractivity contribution in [3.05, 3.63) is 23.8 Å². The van der Waals surface area contributed by atoms with Crippen LogP contribution in [0, 0.1) is 17.3 Å². The van der Waals surface area contributed by atoms with Gasteiger partial charge in [0, 0.05) is 18.8 Å². The van der Waals surface area contributed by atoms with Gasteiger partial charge in [-0.3, -0.25) is 4.79 Å². The molecule has 1 aliphatic heterocycles. The number of carbonyl (C=O) groups is 1. The maximum Gasteiger partial charge on any atom is 0.303 e. The summed E-state index contributed by atoms with van der Waals surface area (Å²) in [5.74, 6) is -0.449. The van der Waals surface area contributed by atoms with Gasteiger partial charge in [0.15, 0.2) is 0 Å². The molecule has 1 aliphatic carbocycles. The normalized spacial score (nSPS) is 31.1. The van der Waals surface area contributed by atoms with Gasteiger partial charge in [-0.25, -0.2) is 0 Å². The van der Waals surface area contributed by atoms with Crippen LogP contribution in [0.15, 0.2) is 23.8 Å². The van der Waals surface area contributed by atoms with Gasteiger partial charge < -0.3 is 20.1 Å². The highest BCUT2D eigenvalue weighted by Crippen LogP contribution is 2.45. The zero-order valence-corrected chi connectivity index (χ0v) is 17.8. The minimum atomic E-state index is -0.747. The number of rotatable bonds is 10. The standard InChI is InChI=1S/C23H38O5/c1-15(2)11-12-23(3,4)21(25)10-9-17-18-13-16(7-5-6-8-22(26)27)28-20(18)14-19(17)24/h9-11,16-21,24-25H,5-8,12-14H2,1-4H3,(H,26,27)/t16-,17?,18+,19+,20-,21+/m0/s1. The van der Waals surface area contributed by atoms with Gasteiger partial charge in [-0.05, 0) is 50.9 Å². The van der Waals surface area contributed by atoms with E-state index in [2.05, 4.69) is 33.8 Å². The molecule has 2 aliphatic rings. The molecule has 2 fully saturated rings. The molecular formula is C23H38O5. The highest BCUT2D eigenvalue weighted by Gasteiger charge is 2.47. The molecule has 28 heavy (non-hydrogen) atoms. The number of fused-ring (bicyclic) bond motifs is 1. The van der Waals surface area contributed by atoms with Crippen LogP contribution in [0.2, 0.25) is 0 Å². The monoisotopic (exact) mass is 394 g/mol. The largest absolute Gasteiger partial charge is 0.481 e. The fraction of sp³-hybridized carbons (Fsp3) is 0.783. The fourth-order valence-corrected chi connectivity index (χ4v) is 4.36. The van der Waals surface area contributed by atoms with Crippen LogP contribution in [0.25, 0.3) is 0 Å². The van der Waals surface area contributed by atoms with Gasteiger partial charge >= 0.3 is 5.97 Å². The van der Waals surface area contributed by atoms with Crippen molar-refractivity contribution in [3.8, 4) is 0 Å². The first-order valence-electron chi connectivity index (χ1n) is 10.6. The number of allylic oxidation sites excluding steroid dienone is 2. The molecule has 160 valence electrons. The van der Waals surface area contributed by atoms with E-state index in [-0.39, 0.29) is 35.9 Å². The van der Waals surface area contributed by atoms with Crippen molar-refractivity contribution in [2.75, 3.05) is 0 Å². The lowest BCUT2D eigenvalue weighted by molar-refractivity contribution is -0.137. The highest BCUT2D eigenvalue weighted by atomic mass is 16.5. The number of aliphatic hydroxyl groups is 2. The Morgan fingerprint density at radius 2 is 1.96 bits per heavy atom. The number of carboxylic acid groups (broad SMARTS) is 1. The average Bonchev–Trinajstić information content (AvgIpc) is 3.11. The van der Waals surface area contributed by atoms with Crippen molar-refractivity contribution in [2.24, 2.45) is 17.3 Å². The van der Waals surface area contributed by atoms with Gasteiger partial charge in [-0.2, -0.15) is 0 Å². The number of ether oxygens (including phenoxy) is 1. The molecule has 6 atom stereocenters. The second-order valence-corrected chi connectivity index (χ2v) is 9.52. The summed E-state index contributed by atoms with van der Waals surface area (Å²) in [6.45, 7) is 8.24. The first-order chi connectivity index (χ1) is 13.1. The summed E-state index contributed by atoms with van der Waals surface area (Å²) in [6.07, 6.45) is 10.2. The third-order valence-electron chi connectivity index (χ3n) is 6.31. The Morgan fingerprint density at radius 3 is 2.61 bits per heavy atom. The zero-order valence-electron chi connectivity index (χ0n) is 17.8. The van der Waals surface area contributed by atoms with Crippen LogP contribution in [-0.4, -0.2) is 45.7 Å². The minimum Gasteiger partial charge on any atom is -0.481 e. The molecule has 0 aromatic heterocycles. The Balaban J connectivity index is 1.88. The van der Waals surface area contributed by atoms with Gasteiger partial charge in [-0.15, -0.1) is 0 Å². The number of aliphatic carboxylic acids is 1. The molecule has 0 amide bonds. The molecule has 3 N–H and O–H groups in total. The Labute approximate surface area is 169 Å². The van der Waals surface area contributed by atoms with Crippen LogP contribution in [0.1, 0.15) is 72.6 Å². The van der Waals surface area contributed by atoms with E-state index in [1.807, 2.05) is 12.2 Å². The molecule has 0 aromatic rings. The summed E-state index contributed by atoms with van der Waals surface area (Å²) < 4.78 is 6.12. The molecule has 5 nitrogen and oxygen atoms in total. The maximum absolute atomic E-state index is 10.6. The van der Waals surface area contributed by atoms with Crippen LogP contribution in [0.3, 0.4) is 0 Å². The Hall–Kier alpha value is -1.17. The van der Waals surface area contributed by atoms with E-state index in [0.717, 1.165) is 25.7 Å². The second-order valence-electron chi connectivity index (χ2n) is 9.52. The Bertz CT molecular complexity index is 576. The lowest BCUT2D eigenvalue weighted by atomic mass is 9.81. The van der Waals surface area contributed by atoms with Crippen molar-refractivity contribution in [1.29, 1.82) is 0 Å². The lowest BCUT2D eigenvalue weighted by Crippen LogP contribution is -2.28. The molecule has 2 rings (SSSR count). The SMILES string of the molecule is CC(C)=CCC(C)(C)[C@H](O)C=CC1[C@H](O)C[C@@H]2O[C@@H](CCCCC(=O)O)C[C@H]12. The van der Waals surface area contributed by atoms with Gasteiger partial charge in [0.1, 0.15) is 0 Å². The van der Waals surface area contributed by atoms with Crippen LogP contribution < -0.4 is 0 Å². The number of unbranched alkanes of at least 4 members (excludes halogenated alkanes) is 1. The van der Waals surface area contributed by atoms with Gasteiger partial charge in [0.25, 0.3) is 0 Å². The molecule has 0 aromatic carbocycles. The number of hydrogen-bond acceptors (Lipinski definition) is 4. The van der Waals surface area contributed by atoms with Crippen LogP contribution in [0.4, 0.5) is 0 Å². The molecule has 0 bridgehead atoms. The Morgan fingerprint density at radius 1 is 1.25 bits per heavy atom. The Kier molecular flexibility index (Phi) is 8.29. The van der Waals surface area contributed by atoms with Crippen molar-refractivity contribution in [2.45, 2.75) is 97.1 Å². The summed E-state index contributed by atoms with van der Waals surface area (Å²) >= 11 is 0. The summed E-state index contributed by atoms with van der Waals surface area (Å²) in [7, 11) is 0. The third-order valence-corrected chi connectivity index (χ3v) is 6.31. The summed E-state index contributed by atoms with van der Waals surface area (Å²) in [4.78, 5) is 10.6. The van der Waals surface area contributed by atoms with E-state index in [1.54, 1.807) is 0 Å². The predicted octanol–water partition coefficient (Wildman–Crippen LogP) is 4.09. The molecule has 5 heteroatoms. The van der Waals surface area contributed by atoms with Gasteiger partial charge in [0.2, 0.25) is 0 Å². The molecule has 1 heterocycles. The van der Waals surface area contributed by atoms with E-state index in [4.69, 9.17) is 9.84 Å². The number of aliphatic hydroxyl groups excluding tert-OH is 2. The van der Waals surface area contributed by atoms with Crippen molar-refractivity contribution < 1.29 is 24.9 Å². The van der Waals surface area contributed by atoms with Crippen molar-refractivity contribution in [1.82, 2.24) is 0 Å². The summed E-state index contributed by atoms with van der Waals surface area (Å²) in [5, 5.41) is 29.8. The molecule has 1 saturated heterocycles. The molecule has 0 radical (unpaired) electrons. The third kappa shape index (κ3) is 6.43. The van der Waals surface area contributed by atoms with Gasteiger partial charge in [0.05, 0.1) is 24.4 Å². The van der Waals surface area contributed by atoms with E-state index < -0.39 is 18.2 Å². The van der Waals surface area contributed by atoms with E-state index in [0.29, 0.717) is 12.8 Å². The first kappa shape index (κ1) is 23.1. The average molecular weight is 395 g/mol. The van der Waals surface area contributed by atoms with E-state index in [1.165, 1.54) is 5.57 Å².